The first-order valence-corrected chi connectivity index (χ1v) is 10.4. The number of aryl methyl sites for hydroxylation is 2. The summed E-state index contributed by atoms with van der Waals surface area (Å²) in [6.07, 6.45) is 5.38. The normalized spacial score (nSPS) is 14.0. The van der Waals surface area contributed by atoms with E-state index in [2.05, 4.69) is 42.5 Å². The van der Waals surface area contributed by atoms with E-state index in [4.69, 9.17) is 9.73 Å². The zero-order valence-electron chi connectivity index (χ0n) is 16.0. The van der Waals surface area contributed by atoms with Gasteiger partial charge in [-0.1, -0.05) is 54.2 Å². The summed E-state index contributed by atoms with van der Waals surface area (Å²) in [5.41, 5.74) is 4.91. The van der Waals surface area contributed by atoms with Gasteiger partial charge in [-0.2, -0.15) is 0 Å². The molecule has 0 spiro atoms. The number of thioether (sulfide) groups is 1. The fraction of sp³-hybridized carbons (Fsp3) is 0.160. The molecule has 0 saturated carbocycles. The van der Waals surface area contributed by atoms with Crippen LogP contribution in [0.3, 0.4) is 0 Å². The van der Waals surface area contributed by atoms with Gasteiger partial charge in [-0.05, 0) is 73.7 Å². The molecule has 0 unspecified atom stereocenters. The maximum absolute atomic E-state index is 5.84. The molecule has 3 aromatic carbocycles. The van der Waals surface area contributed by atoms with Crippen LogP contribution < -0.4 is 4.74 Å². The molecule has 3 aromatic rings. The lowest BCUT2D eigenvalue weighted by Crippen LogP contribution is -1.97. The van der Waals surface area contributed by atoms with E-state index in [0.29, 0.717) is 0 Å². The highest BCUT2D eigenvalue weighted by atomic mass is 32.2. The SMILES string of the molecule is CC(=C\Oc1ccccc1)/C(=N\c1ccc2c(c1)CCC2)Sc1ccccc1. The van der Waals surface area contributed by atoms with E-state index in [1.165, 1.54) is 24.0 Å². The fourth-order valence-corrected chi connectivity index (χ4v) is 4.12. The third kappa shape index (κ3) is 4.73. The molecule has 0 saturated heterocycles. The molecule has 0 amide bonds. The van der Waals surface area contributed by atoms with Gasteiger partial charge in [0, 0.05) is 10.5 Å². The molecule has 28 heavy (non-hydrogen) atoms. The molecule has 2 nitrogen and oxygen atoms in total. The number of fused-ring (bicyclic) bond motifs is 1. The predicted octanol–water partition coefficient (Wildman–Crippen LogP) is 6.98. The first kappa shape index (κ1) is 18.6. The summed E-state index contributed by atoms with van der Waals surface area (Å²) in [5, 5.41) is 0.945. The third-order valence-corrected chi connectivity index (χ3v) is 5.84. The Kier molecular flexibility index (Phi) is 5.93. The molecule has 0 aliphatic heterocycles. The molecule has 0 fully saturated rings. The van der Waals surface area contributed by atoms with E-state index in [1.54, 1.807) is 18.0 Å². The number of hydrogen-bond acceptors (Lipinski definition) is 3. The van der Waals surface area contributed by atoms with Gasteiger partial charge in [0.2, 0.25) is 0 Å². The van der Waals surface area contributed by atoms with Crippen molar-refractivity contribution in [2.45, 2.75) is 31.1 Å². The summed E-state index contributed by atoms with van der Waals surface area (Å²) in [7, 11) is 0. The molecule has 0 aromatic heterocycles. The van der Waals surface area contributed by atoms with Crippen LogP contribution in [0.4, 0.5) is 5.69 Å². The average Bonchev–Trinajstić information content (AvgIpc) is 3.21. The van der Waals surface area contributed by atoms with Crippen molar-refractivity contribution in [2.75, 3.05) is 0 Å². The Hall–Kier alpha value is -2.78. The van der Waals surface area contributed by atoms with Crippen LogP contribution >= 0.6 is 11.8 Å². The van der Waals surface area contributed by atoms with Crippen molar-refractivity contribution in [3.05, 3.63) is 102 Å². The summed E-state index contributed by atoms with van der Waals surface area (Å²) >= 11 is 1.66. The Balaban J connectivity index is 1.63. The summed E-state index contributed by atoms with van der Waals surface area (Å²) in [6.45, 7) is 2.05. The van der Waals surface area contributed by atoms with E-state index >= 15 is 0 Å². The van der Waals surface area contributed by atoms with Crippen molar-refractivity contribution >= 4 is 22.5 Å². The van der Waals surface area contributed by atoms with Gasteiger partial charge in [0.15, 0.2) is 0 Å². The number of rotatable bonds is 5. The number of para-hydroxylation sites is 1. The zero-order chi connectivity index (χ0) is 19.2. The first-order valence-electron chi connectivity index (χ1n) is 9.60. The summed E-state index contributed by atoms with van der Waals surface area (Å²) in [5.74, 6) is 0.823. The second-order valence-corrected chi connectivity index (χ2v) is 7.93. The maximum Gasteiger partial charge on any atom is 0.126 e. The first-order chi connectivity index (χ1) is 13.8. The van der Waals surface area contributed by atoms with E-state index < -0.39 is 0 Å². The van der Waals surface area contributed by atoms with E-state index in [1.807, 2.05) is 43.3 Å². The average molecular weight is 386 g/mol. The van der Waals surface area contributed by atoms with Crippen LogP contribution in [-0.4, -0.2) is 5.04 Å². The topological polar surface area (TPSA) is 21.6 Å². The van der Waals surface area contributed by atoms with Crippen molar-refractivity contribution in [3.63, 3.8) is 0 Å². The molecular formula is C25H23NOS. The van der Waals surface area contributed by atoms with Crippen molar-refractivity contribution in [2.24, 2.45) is 4.99 Å². The second-order valence-electron chi connectivity index (χ2n) is 6.87. The van der Waals surface area contributed by atoms with Crippen LogP contribution in [0.5, 0.6) is 5.75 Å². The maximum atomic E-state index is 5.84. The van der Waals surface area contributed by atoms with Gasteiger partial charge < -0.3 is 4.74 Å². The van der Waals surface area contributed by atoms with Crippen LogP contribution in [0.1, 0.15) is 24.5 Å². The van der Waals surface area contributed by atoms with E-state index in [0.717, 1.165) is 33.4 Å². The van der Waals surface area contributed by atoms with Gasteiger partial charge in [0.25, 0.3) is 0 Å². The van der Waals surface area contributed by atoms with Crippen molar-refractivity contribution < 1.29 is 4.74 Å². The van der Waals surface area contributed by atoms with Gasteiger partial charge in [-0.15, -0.1) is 0 Å². The Bertz CT molecular complexity index is 994. The predicted molar refractivity (Wildman–Crippen MR) is 119 cm³/mol. The zero-order valence-corrected chi connectivity index (χ0v) is 16.8. The molecule has 4 rings (SSSR count). The molecular weight excluding hydrogens is 362 g/mol. The Morgan fingerprint density at radius 2 is 1.61 bits per heavy atom. The highest BCUT2D eigenvalue weighted by Crippen LogP contribution is 2.30. The standard InChI is InChI=1S/C25H23NOS/c1-19(18-27-23-11-4-2-5-12-23)25(28-24-13-6-3-7-14-24)26-22-16-15-20-9-8-10-21(20)17-22/h2-7,11-18H,8-10H2,1H3/b19-18+,26-25+. The fourth-order valence-electron chi connectivity index (χ4n) is 3.24. The number of aliphatic imine (C=N–C) groups is 1. The molecule has 3 heteroatoms. The largest absolute Gasteiger partial charge is 0.465 e. The summed E-state index contributed by atoms with van der Waals surface area (Å²) in [4.78, 5) is 6.14. The monoisotopic (exact) mass is 385 g/mol. The molecule has 0 bridgehead atoms. The summed E-state index contributed by atoms with van der Waals surface area (Å²) < 4.78 is 5.84. The van der Waals surface area contributed by atoms with Crippen LogP contribution in [0.2, 0.25) is 0 Å². The number of hydrogen-bond donors (Lipinski definition) is 0. The van der Waals surface area contributed by atoms with Crippen molar-refractivity contribution in [1.29, 1.82) is 0 Å². The van der Waals surface area contributed by atoms with Crippen LogP contribution in [0.15, 0.2) is 101 Å². The lowest BCUT2D eigenvalue weighted by atomic mass is 10.1. The number of benzene rings is 3. The van der Waals surface area contributed by atoms with Gasteiger partial charge in [0.05, 0.1) is 11.9 Å². The Labute approximate surface area is 171 Å². The second kappa shape index (κ2) is 8.94. The van der Waals surface area contributed by atoms with Gasteiger partial charge in [0.1, 0.15) is 10.8 Å². The molecule has 0 N–H and O–H groups in total. The lowest BCUT2D eigenvalue weighted by Gasteiger charge is -2.09. The molecule has 0 radical (unpaired) electrons. The van der Waals surface area contributed by atoms with Crippen LogP contribution in [0, 0.1) is 0 Å². The van der Waals surface area contributed by atoms with Gasteiger partial charge in [-0.3, -0.25) is 0 Å². The minimum absolute atomic E-state index is 0.823. The van der Waals surface area contributed by atoms with E-state index in [-0.39, 0.29) is 0 Å². The van der Waals surface area contributed by atoms with Crippen LogP contribution in [0.25, 0.3) is 0 Å². The minimum atomic E-state index is 0.823. The molecule has 0 atom stereocenters. The number of nitrogens with zero attached hydrogens (tertiary/aromatic N) is 1. The van der Waals surface area contributed by atoms with Gasteiger partial charge >= 0.3 is 0 Å². The Morgan fingerprint density at radius 3 is 2.39 bits per heavy atom. The molecule has 140 valence electrons. The Morgan fingerprint density at radius 1 is 0.893 bits per heavy atom. The third-order valence-electron chi connectivity index (χ3n) is 4.72. The van der Waals surface area contributed by atoms with Crippen molar-refractivity contribution in [3.8, 4) is 5.75 Å². The van der Waals surface area contributed by atoms with Crippen molar-refractivity contribution in [1.82, 2.24) is 0 Å². The highest BCUT2D eigenvalue weighted by molar-refractivity contribution is 8.14. The van der Waals surface area contributed by atoms with Gasteiger partial charge in [-0.25, -0.2) is 4.99 Å². The molecule has 1 aliphatic rings. The highest BCUT2D eigenvalue weighted by Gasteiger charge is 2.12. The quantitative estimate of drug-likeness (QED) is 0.204. The van der Waals surface area contributed by atoms with Crippen LogP contribution in [-0.2, 0) is 12.8 Å². The summed E-state index contributed by atoms with van der Waals surface area (Å²) in [6, 6.07) is 26.8. The number of ether oxygens (including phenoxy) is 1. The minimum Gasteiger partial charge on any atom is -0.465 e. The molecule has 1 aliphatic carbocycles. The lowest BCUT2D eigenvalue weighted by molar-refractivity contribution is 0.478. The smallest absolute Gasteiger partial charge is 0.126 e. The molecule has 0 heterocycles. The van der Waals surface area contributed by atoms with E-state index in [9.17, 15) is 0 Å².